The topological polar surface area (TPSA) is 80.9 Å². The second-order valence-corrected chi connectivity index (χ2v) is 5.11. The number of hydrogen-bond donors (Lipinski definition) is 1. The number of tetrazole rings is 1. The summed E-state index contributed by atoms with van der Waals surface area (Å²) in [4.78, 5) is 11.3. The normalized spacial score (nSPS) is 11.5. The molecule has 1 heterocycles. The smallest absolute Gasteiger partial charge is 0.331 e. The minimum atomic E-state index is -1.21. The lowest BCUT2D eigenvalue weighted by atomic mass is 10.1. The van der Waals surface area contributed by atoms with Crippen LogP contribution in [0.25, 0.3) is 11.4 Å². The van der Waals surface area contributed by atoms with Gasteiger partial charge in [0, 0.05) is 10.0 Å². The molecule has 0 saturated carbocycles. The summed E-state index contributed by atoms with van der Waals surface area (Å²) in [6, 6.07) is 7.38. The fraction of sp³-hybridized carbons (Fsp3) is 0.273. The van der Waals surface area contributed by atoms with Gasteiger partial charge in [0.15, 0.2) is 11.4 Å². The summed E-state index contributed by atoms with van der Waals surface area (Å²) in [5.74, 6) is -0.585. The number of carbonyl (C=O) groups is 1. The average molecular weight is 311 g/mol. The minimum Gasteiger partial charge on any atom is -0.479 e. The fourth-order valence-corrected chi connectivity index (χ4v) is 1.93. The van der Waals surface area contributed by atoms with Crippen LogP contribution in [0, 0.1) is 0 Å². The van der Waals surface area contributed by atoms with E-state index >= 15 is 0 Å². The van der Waals surface area contributed by atoms with E-state index < -0.39 is 11.5 Å². The highest BCUT2D eigenvalue weighted by Crippen LogP contribution is 2.28. The van der Waals surface area contributed by atoms with Gasteiger partial charge in [-0.1, -0.05) is 28.1 Å². The molecule has 1 N–H and O–H groups in total. The highest BCUT2D eigenvalue weighted by atomic mass is 79.9. The molecule has 0 spiro atoms. The second-order valence-electron chi connectivity index (χ2n) is 4.26. The lowest BCUT2D eigenvalue weighted by Gasteiger charge is -2.20. The Kier molecular flexibility index (Phi) is 3.16. The van der Waals surface area contributed by atoms with Crippen LogP contribution in [0.1, 0.15) is 13.8 Å². The van der Waals surface area contributed by atoms with Gasteiger partial charge < -0.3 is 5.11 Å². The van der Waals surface area contributed by atoms with Crippen LogP contribution < -0.4 is 0 Å². The van der Waals surface area contributed by atoms with Gasteiger partial charge in [0.05, 0.1) is 0 Å². The van der Waals surface area contributed by atoms with Gasteiger partial charge in [0.1, 0.15) is 0 Å². The molecule has 2 aromatic rings. The molecule has 0 amide bonds. The summed E-state index contributed by atoms with van der Waals surface area (Å²) in [5, 5.41) is 20.5. The summed E-state index contributed by atoms with van der Waals surface area (Å²) >= 11 is 3.40. The van der Waals surface area contributed by atoms with Crippen molar-refractivity contribution in [2.45, 2.75) is 19.4 Å². The van der Waals surface area contributed by atoms with Crippen molar-refractivity contribution < 1.29 is 9.90 Å². The molecule has 1 aromatic heterocycles. The molecule has 94 valence electrons. The third kappa shape index (κ3) is 2.01. The number of carboxylic acid groups (broad SMARTS) is 1. The molecule has 0 atom stereocenters. The zero-order valence-electron chi connectivity index (χ0n) is 9.83. The average Bonchev–Trinajstić information content (AvgIpc) is 2.78. The quantitative estimate of drug-likeness (QED) is 0.936. The summed E-state index contributed by atoms with van der Waals surface area (Å²) in [6.07, 6.45) is 0. The first-order chi connectivity index (χ1) is 8.44. The first kappa shape index (κ1) is 12.7. The second kappa shape index (κ2) is 4.49. The molecule has 0 aliphatic rings. The Morgan fingerprint density at radius 2 is 2.06 bits per heavy atom. The van der Waals surface area contributed by atoms with Gasteiger partial charge in [0.25, 0.3) is 0 Å². The number of aliphatic carboxylic acids is 1. The van der Waals surface area contributed by atoms with E-state index in [1.54, 1.807) is 13.8 Å². The maximum absolute atomic E-state index is 11.3. The first-order valence-corrected chi connectivity index (χ1v) is 6.01. The van der Waals surface area contributed by atoms with Crippen LogP contribution in [0.15, 0.2) is 28.7 Å². The summed E-state index contributed by atoms with van der Waals surface area (Å²) in [6.45, 7) is 3.10. The van der Waals surface area contributed by atoms with Gasteiger partial charge in [-0.3, -0.25) is 0 Å². The van der Waals surface area contributed by atoms with E-state index in [-0.39, 0.29) is 0 Å². The van der Waals surface area contributed by atoms with Crippen LogP contribution in [-0.4, -0.2) is 31.3 Å². The standard InChI is InChI=1S/C11H11BrN4O2/c1-11(2,10(17)18)16-9(13-14-15-16)7-5-3-4-6-8(7)12/h3-6H,1-2H3,(H,17,18). The molecule has 1 aromatic carbocycles. The summed E-state index contributed by atoms with van der Waals surface area (Å²) < 4.78 is 2.11. The van der Waals surface area contributed by atoms with Crippen molar-refractivity contribution in [3.05, 3.63) is 28.7 Å². The third-order valence-electron chi connectivity index (χ3n) is 2.64. The molecule has 6 nitrogen and oxygen atoms in total. The third-order valence-corrected chi connectivity index (χ3v) is 3.33. The van der Waals surface area contributed by atoms with Gasteiger partial charge in [-0.15, -0.1) is 5.10 Å². The molecule has 0 unspecified atom stereocenters. The number of aromatic nitrogens is 4. The van der Waals surface area contributed by atoms with E-state index in [9.17, 15) is 9.90 Å². The van der Waals surface area contributed by atoms with Gasteiger partial charge in [-0.25, -0.2) is 9.48 Å². The highest BCUT2D eigenvalue weighted by molar-refractivity contribution is 9.10. The van der Waals surface area contributed by atoms with Gasteiger partial charge >= 0.3 is 5.97 Å². The van der Waals surface area contributed by atoms with Gasteiger partial charge in [-0.2, -0.15) is 0 Å². The molecule has 2 rings (SSSR count). The molecule has 18 heavy (non-hydrogen) atoms. The molecule has 0 radical (unpaired) electrons. The zero-order valence-corrected chi connectivity index (χ0v) is 11.4. The van der Waals surface area contributed by atoms with Crippen LogP contribution in [0.2, 0.25) is 0 Å². The van der Waals surface area contributed by atoms with Crippen molar-refractivity contribution in [3.8, 4) is 11.4 Å². The van der Waals surface area contributed by atoms with E-state index in [0.717, 1.165) is 10.0 Å². The Morgan fingerprint density at radius 3 is 2.67 bits per heavy atom. The lowest BCUT2D eigenvalue weighted by molar-refractivity contribution is -0.146. The van der Waals surface area contributed by atoms with Gasteiger partial charge in [0.2, 0.25) is 0 Å². The Labute approximate surface area is 112 Å². The zero-order chi connectivity index (χ0) is 13.3. The first-order valence-electron chi connectivity index (χ1n) is 5.21. The predicted octanol–water partition coefficient (Wildman–Crippen LogP) is 1.92. The molecule has 7 heteroatoms. The molecule has 0 fully saturated rings. The number of halogens is 1. The van der Waals surface area contributed by atoms with Crippen LogP contribution >= 0.6 is 15.9 Å². The maximum Gasteiger partial charge on any atom is 0.331 e. The van der Waals surface area contributed by atoms with Crippen molar-refractivity contribution in [2.75, 3.05) is 0 Å². The minimum absolute atomic E-state index is 0.412. The maximum atomic E-state index is 11.3. The predicted molar refractivity (Wildman–Crippen MR) is 67.9 cm³/mol. The van der Waals surface area contributed by atoms with Crippen molar-refractivity contribution in [3.63, 3.8) is 0 Å². The number of carboxylic acids is 1. The van der Waals surface area contributed by atoms with E-state index in [2.05, 4.69) is 31.5 Å². The Morgan fingerprint density at radius 1 is 1.39 bits per heavy atom. The Bertz CT molecular complexity index is 594. The summed E-state index contributed by atoms with van der Waals surface area (Å²) in [7, 11) is 0. The molecular weight excluding hydrogens is 300 g/mol. The summed E-state index contributed by atoms with van der Waals surface area (Å²) in [5.41, 5.74) is -0.467. The fourth-order valence-electron chi connectivity index (χ4n) is 1.46. The van der Waals surface area contributed by atoms with Crippen molar-refractivity contribution in [2.24, 2.45) is 0 Å². The highest BCUT2D eigenvalue weighted by Gasteiger charge is 2.34. The van der Waals surface area contributed by atoms with Crippen LogP contribution in [0.5, 0.6) is 0 Å². The molecule has 0 bridgehead atoms. The largest absolute Gasteiger partial charge is 0.479 e. The molecule has 0 aliphatic carbocycles. The molecular formula is C11H11BrN4O2. The molecule has 0 aliphatic heterocycles. The van der Waals surface area contributed by atoms with E-state index in [1.807, 2.05) is 24.3 Å². The van der Waals surface area contributed by atoms with E-state index in [1.165, 1.54) is 4.68 Å². The van der Waals surface area contributed by atoms with Crippen LogP contribution in [-0.2, 0) is 10.3 Å². The van der Waals surface area contributed by atoms with E-state index in [4.69, 9.17) is 0 Å². The van der Waals surface area contributed by atoms with Crippen molar-refractivity contribution in [1.82, 2.24) is 20.2 Å². The van der Waals surface area contributed by atoms with Crippen LogP contribution in [0.4, 0.5) is 0 Å². The van der Waals surface area contributed by atoms with Gasteiger partial charge in [-0.05, 0) is 36.4 Å². The number of hydrogen-bond acceptors (Lipinski definition) is 4. The number of nitrogens with zero attached hydrogens (tertiary/aromatic N) is 4. The number of benzene rings is 1. The van der Waals surface area contributed by atoms with Crippen molar-refractivity contribution in [1.29, 1.82) is 0 Å². The lowest BCUT2D eigenvalue weighted by Crippen LogP contribution is -2.37. The Hall–Kier alpha value is -1.76. The van der Waals surface area contributed by atoms with Crippen LogP contribution in [0.3, 0.4) is 0 Å². The monoisotopic (exact) mass is 310 g/mol. The van der Waals surface area contributed by atoms with E-state index in [0.29, 0.717) is 5.82 Å². The Balaban J connectivity index is 2.60. The number of rotatable bonds is 3. The molecule has 0 saturated heterocycles. The SMILES string of the molecule is CC(C)(C(=O)O)n1nnnc1-c1ccccc1Br. The van der Waals surface area contributed by atoms with Crippen molar-refractivity contribution >= 4 is 21.9 Å².